The van der Waals surface area contributed by atoms with Crippen LogP contribution < -0.4 is 10.7 Å². The molecule has 1 aromatic carbocycles. The van der Waals surface area contributed by atoms with Crippen LogP contribution in [0, 0.1) is 5.82 Å². The van der Waals surface area contributed by atoms with Crippen molar-refractivity contribution in [1.82, 2.24) is 20.0 Å². The van der Waals surface area contributed by atoms with E-state index in [0.717, 1.165) is 10.1 Å². The zero-order valence-corrected chi connectivity index (χ0v) is 14.6. The molecule has 3 aromatic rings. The van der Waals surface area contributed by atoms with Gasteiger partial charge in [0.25, 0.3) is 5.91 Å². The Morgan fingerprint density at radius 3 is 2.76 bits per heavy atom. The Hall–Kier alpha value is -2.59. The number of rotatable bonds is 5. The zero-order chi connectivity index (χ0) is 17.8. The smallest absolute Gasteiger partial charge is 0.282 e. The van der Waals surface area contributed by atoms with Crippen molar-refractivity contribution >= 4 is 34.1 Å². The molecule has 0 aliphatic heterocycles. The summed E-state index contributed by atoms with van der Waals surface area (Å²) in [5.74, 6) is -0.226. The fourth-order valence-electron chi connectivity index (χ4n) is 1.90. The largest absolute Gasteiger partial charge is 0.295 e. The minimum absolute atomic E-state index is 0.285. The third-order valence-electron chi connectivity index (χ3n) is 3.01. The van der Waals surface area contributed by atoms with Crippen molar-refractivity contribution in [3.8, 4) is 5.69 Å². The van der Waals surface area contributed by atoms with Gasteiger partial charge in [0.2, 0.25) is 10.6 Å². The van der Waals surface area contributed by atoms with Crippen LogP contribution in [0.15, 0.2) is 45.7 Å². The number of thioether (sulfide) groups is 1. The molecule has 25 heavy (non-hydrogen) atoms. The van der Waals surface area contributed by atoms with Gasteiger partial charge in [0.05, 0.1) is 5.69 Å². The number of nitrogens with one attached hydrogen (secondary N) is 1. The van der Waals surface area contributed by atoms with Crippen molar-refractivity contribution in [2.45, 2.75) is 11.3 Å². The third kappa shape index (κ3) is 4.09. The third-order valence-corrected chi connectivity index (χ3v) is 4.86. The quantitative estimate of drug-likeness (QED) is 0.543. The first kappa shape index (κ1) is 17.2. The van der Waals surface area contributed by atoms with Gasteiger partial charge >= 0.3 is 0 Å². The van der Waals surface area contributed by atoms with E-state index in [1.165, 1.54) is 64.3 Å². The van der Waals surface area contributed by atoms with Gasteiger partial charge in [0.1, 0.15) is 5.82 Å². The first-order chi connectivity index (χ1) is 12.1. The van der Waals surface area contributed by atoms with Crippen LogP contribution in [0.4, 0.5) is 9.52 Å². The molecule has 0 saturated carbocycles. The summed E-state index contributed by atoms with van der Waals surface area (Å²) in [6.07, 6.45) is 1.41. The molecule has 1 N–H and O–H groups in total. The minimum atomic E-state index is -0.675. The summed E-state index contributed by atoms with van der Waals surface area (Å²) in [7, 11) is 0. The van der Waals surface area contributed by atoms with Crippen molar-refractivity contribution in [2.24, 2.45) is 0 Å². The predicted octanol–water partition coefficient (Wildman–Crippen LogP) is 2.59. The van der Waals surface area contributed by atoms with Gasteiger partial charge < -0.3 is 0 Å². The molecule has 0 saturated heterocycles. The molecule has 0 fully saturated rings. The van der Waals surface area contributed by atoms with Gasteiger partial charge in [-0.2, -0.15) is 5.10 Å². The van der Waals surface area contributed by atoms with Crippen LogP contribution >= 0.6 is 23.1 Å². The van der Waals surface area contributed by atoms with Crippen LogP contribution in [0.25, 0.3) is 5.69 Å². The summed E-state index contributed by atoms with van der Waals surface area (Å²) in [6.45, 7) is 1.98. The lowest BCUT2D eigenvalue weighted by atomic mass is 10.3. The van der Waals surface area contributed by atoms with Gasteiger partial charge in [-0.15, -0.1) is 10.2 Å². The average Bonchev–Trinajstić information content (AvgIpc) is 3.03. The Balaban J connectivity index is 1.85. The average molecular weight is 377 g/mol. The molecular formula is C15H12FN5O2S2. The summed E-state index contributed by atoms with van der Waals surface area (Å²) in [4.78, 5) is 24.3. The van der Waals surface area contributed by atoms with Gasteiger partial charge in [-0.1, -0.05) is 30.0 Å². The van der Waals surface area contributed by atoms with Gasteiger partial charge in [-0.3, -0.25) is 14.9 Å². The van der Waals surface area contributed by atoms with Gasteiger partial charge in [-0.05, 0) is 30.0 Å². The zero-order valence-electron chi connectivity index (χ0n) is 13.0. The molecule has 0 aliphatic rings. The second kappa shape index (κ2) is 7.53. The Kier molecular flexibility index (Phi) is 5.19. The van der Waals surface area contributed by atoms with Crippen molar-refractivity contribution in [1.29, 1.82) is 0 Å². The van der Waals surface area contributed by atoms with E-state index in [0.29, 0.717) is 10.8 Å². The molecule has 0 atom stereocenters. The number of carbonyl (C=O) groups is 1. The highest BCUT2D eigenvalue weighted by molar-refractivity contribution is 8.01. The van der Waals surface area contributed by atoms with Gasteiger partial charge in [0.15, 0.2) is 10.0 Å². The molecule has 0 spiro atoms. The van der Waals surface area contributed by atoms with Crippen molar-refractivity contribution < 1.29 is 9.18 Å². The fraction of sp³-hybridized carbons (Fsp3) is 0.133. The van der Waals surface area contributed by atoms with Crippen LogP contribution in [0.1, 0.15) is 17.4 Å². The summed E-state index contributed by atoms with van der Waals surface area (Å²) in [5, 5.41) is 14.6. The summed E-state index contributed by atoms with van der Waals surface area (Å²) < 4.78 is 15.1. The number of nitrogens with zero attached hydrogens (tertiary/aromatic N) is 4. The Labute approximate surface area is 149 Å². The molecule has 0 radical (unpaired) electrons. The molecule has 0 unspecified atom stereocenters. The molecular weight excluding hydrogens is 365 g/mol. The van der Waals surface area contributed by atoms with E-state index in [2.05, 4.69) is 20.6 Å². The molecule has 1 amide bonds. The summed E-state index contributed by atoms with van der Waals surface area (Å²) in [5.41, 5.74) is -0.289. The summed E-state index contributed by atoms with van der Waals surface area (Å²) in [6, 6.07) is 6.75. The SMILES string of the molecule is CCSc1nnc(NC(=O)c2nn(-c3ccc(F)cc3)ccc2=O)s1. The number of anilines is 1. The van der Waals surface area contributed by atoms with E-state index < -0.39 is 11.3 Å². The second-order valence-electron chi connectivity index (χ2n) is 4.71. The van der Waals surface area contributed by atoms with E-state index in [-0.39, 0.29) is 11.5 Å². The molecule has 7 nitrogen and oxygen atoms in total. The van der Waals surface area contributed by atoms with Crippen molar-refractivity contribution in [2.75, 3.05) is 11.1 Å². The fourth-order valence-corrected chi connectivity index (χ4v) is 3.54. The first-order valence-electron chi connectivity index (χ1n) is 7.20. The molecule has 0 bridgehead atoms. The normalized spacial score (nSPS) is 10.6. The van der Waals surface area contributed by atoms with E-state index >= 15 is 0 Å². The van der Waals surface area contributed by atoms with Crippen molar-refractivity contribution in [3.05, 3.63) is 58.3 Å². The van der Waals surface area contributed by atoms with Crippen LogP contribution in [0.5, 0.6) is 0 Å². The number of hydrogen-bond acceptors (Lipinski definition) is 7. The Morgan fingerprint density at radius 1 is 1.28 bits per heavy atom. The molecule has 128 valence electrons. The summed E-state index contributed by atoms with van der Waals surface area (Å²) >= 11 is 2.72. The maximum absolute atomic E-state index is 13.0. The second-order valence-corrected chi connectivity index (χ2v) is 7.20. The molecule has 2 heterocycles. The highest BCUT2D eigenvalue weighted by Crippen LogP contribution is 2.25. The number of hydrogen-bond donors (Lipinski definition) is 1. The Bertz CT molecular complexity index is 955. The molecule has 2 aromatic heterocycles. The predicted molar refractivity (Wildman–Crippen MR) is 94.1 cm³/mol. The number of aromatic nitrogens is 4. The lowest BCUT2D eigenvalue weighted by Gasteiger charge is -2.06. The maximum atomic E-state index is 13.0. The van der Waals surface area contributed by atoms with E-state index in [1.807, 2.05) is 6.92 Å². The highest BCUT2D eigenvalue weighted by atomic mass is 32.2. The van der Waals surface area contributed by atoms with Gasteiger partial charge in [0, 0.05) is 12.3 Å². The standard InChI is InChI=1S/C15H12FN5O2S2/c1-2-24-15-19-18-14(25-15)17-13(23)12-11(22)7-8-21(20-12)10-5-3-9(16)4-6-10/h3-8H,2H2,1H3,(H,17,18,23). The Morgan fingerprint density at radius 2 is 2.04 bits per heavy atom. The van der Waals surface area contributed by atoms with Crippen LogP contribution in [-0.2, 0) is 0 Å². The van der Waals surface area contributed by atoms with Crippen LogP contribution in [-0.4, -0.2) is 31.6 Å². The number of amides is 1. The van der Waals surface area contributed by atoms with E-state index in [9.17, 15) is 14.0 Å². The minimum Gasteiger partial charge on any atom is -0.295 e. The lowest BCUT2D eigenvalue weighted by Crippen LogP contribution is -2.25. The lowest BCUT2D eigenvalue weighted by molar-refractivity contribution is 0.101. The number of carbonyl (C=O) groups excluding carboxylic acids is 1. The monoisotopic (exact) mass is 377 g/mol. The number of halogens is 1. The van der Waals surface area contributed by atoms with E-state index in [1.54, 1.807) is 0 Å². The number of benzene rings is 1. The first-order valence-corrected chi connectivity index (χ1v) is 9.00. The maximum Gasteiger partial charge on any atom is 0.282 e. The van der Waals surface area contributed by atoms with Crippen LogP contribution in [0.2, 0.25) is 0 Å². The van der Waals surface area contributed by atoms with Crippen LogP contribution in [0.3, 0.4) is 0 Å². The van der Waals surface area contributed by atoms with E-state index in [4.69, 9.17) is 0 Å². The molecule has 10 heteroatoms. The highest BCUT2D eigenvalue weighted by Gasteiger charge is 2.16. The topological polar surface area (TPSA) is 89.8 Å². The molecule has 0 aliphatic carbocycles. The van der Waals surface area contributed by atoms with Gasteiger partial charge in [-0.25, -0.2) is 9.07 Å². The van der Waals surface area contributed by atoms with Crippen molar-refractivity contribution in [3.63, 3.8) is 0 Å². The molecule has 3 rings (SSSR count).